The van der Waals surface area contributed by atoms with E-state index in [1.807, 2.05) is 17.9 Å². The van der Waals surface area contributed by atoms with Crippen LogP contribution in [0, 0.1) is 5.92 Å². The fraction of sp³-hybridized carbons (Fsp3) is 0.435. The van der Waals surface area contributed by atoms with E-state index in [0.29, 0.717) is 5.92 Å². The third kappa shape index (κ3) is 2.89. The monoisotopic (exact) mass is 389 g/mol. The number of aliphatic imine (C=N–C) groups is 1. The molecular formula is C23H27N5O. The molecule has 1 aromatic heterocycles. The van der Waals surface area contributed by atoms with Crippen LogP contribution in [0.3, 0.4) is 0 Å². The number of rotatable bonds is 3. The van der Waals surface area contributed by atoms with Gasteiger partial charge in [-0.3, -0.25) is 14.4 Å². The van der Waals surface area contributed by atoms with E-state index >= 15 is 0 Å². The lowest BCUT2D eigenvalue weighted by molar-refractivity contribution is -0.131. The van der Waals surface area contributed by atoms with Crippen LogP contribution in [0.1, 0.15) is 54.0 Å². The first kappa shape index (κ1) is 18.2. The van der Waals surface area contributed by atoms with Crippen LogP contribution in [0.5, 0.6) is 0 Å². The van der Waals surface area contributed by atoms with Crippen molar-refractivity contribution >= 4 is 17.9 Å². The molecule has 6 heteroatoms. The largest absolute Gasteiger partial charge is 0.369 e. The first-order valence-electron chi connectivity index (χ1n) is 10.3. The summed E-state index contributed by atoms with van der Waals surface area (Å²) in [5.41, 5.74) is 10.1. The van der Waals surface area contributed by atoms with Gasteiger partial charge in [-0.15, -0.1) is 0 Å². The fourth-order valence-corrected chi connectivity index (χ4v) is 4.85. The standard InChI is InChI=1S/C23H27N5O/c1-23(18-11-10-17-13-27(2)26-19(17)12-18)20(21(29)28(3)22(24)25-23)16-8-6-15(7-9-16)14-4-5-14/h6-11,13-14,18,20H,4-5,12H2,1-3H3,(H2,24,25)/t18?,20-,23+/m0/s1. The van der Waals surface area contributed by atoms with E-state index < -0.39 is 5.54 Å². The minimum absolute atomic E-state index is 0.000565. The molecule has 29 heavy (non-hydrogen) atoms. The Bertz CT molecular complexity index is 1030. The summed E-state index contributed by atoms with van der Waals surface area (Å²) in [6.07, 6.45) is 9.57. The molecule has 0 bridgehead atoms. The van der Waals surface area contributed by atoms with Crippen LogP contribution in [-0.2, 0) is 18.3 Å². The van der Waals surface area contributed by atoms with Gasteiger partial charge in [0.05, 0.1) is 17.2 Å². The van der Waals surface area contributed by atoms with Crippen molar-refractivity contribution in [3.05, 3.63) is 58.9 Å². The summed E-state index contributed by atoms with van der Waals surface area (Å²) in [6.45, 7) is 2.06. The van der Waals surface area contributed by atoms with Gasteiger partial charge in [0.25, 0.3) is 0 Å². The van der Waals surface area contributed by atoms with E-state index in [1.54, 1.807) is 7.05 Å². The second kappa shape index (κ2) is 6.31. The highest BCUT2D eigenvalue weighted by Crippen LogP contribution is 2.46. The lowest BCUT2D eigenvalue weighted by Crippen LogP contribution is -2.56. The first-order chi connectivity index (χ1) is 13.9. The molecule has 0 radical (unpaired) electrons. The zero-order valence-corrected chi connectivity index (χ0v) is 17.2. The van der Waals surface area contributed by atoms with Crippen LogP contribution in [0.25, 0.3) is 6.08 Å². The molecule has 1 aliphatic heterocycles. The summed E-state index contributed by atoms with van der Waals surface area (Å²) in [4.78, 5) is 19.8. The molecule has 5 rings (SSSR count). The number of hydrogen-bond donors (Lipinski definition) is 1. The van der Waals surface area contributed by atoms with Gasteiger partial charge in [0, 0.05) is 38.2 Å². The Morgan fingerprint density at radius 1 is 1.14 bits per heavy atom. The molecule has 150 valence electrons. The average Bonchev–Trinajstić information content (AvgIpc) is 3.47. The van der Waals surface area contributed by atoms with Gasteiger partial charge in [0.15, 0.2) is 5.96 Å². The molecule has 1 aromatic carbocycles. The molecule has 0 saturated heterocycles. The molecule has 1 amide bonds. The van der Waals surface area contributed by atoms with Crippen molar-refractivity contribution in [2.45, 2.75) is 43.6 Å². The molecule has 2 N–H and O–H groups in total. The van der Waals surface area contributed by atoms with E-state index in [9.17, 15) is 4.79 Å². The van der Waals surface area contributed by atoms with Crippen LogP contribution >= 0.6 is 0 Å². The Hall–Kier alpha value is -2.89. The van der Waals surface area contributed by atoms with Crippen molar-refractivity contribution in [1.29, 1.82) is 0 Å². The third-order valence-electron chi connectivity index (χ3n) is 6.79. The van der Waals surface area contributed by atoms with E-state index in [1.165, 1.54) is 23.3 Å². The van der Waals surface area contributed by atoms with Crippen molar-refractivity contribution in [1.82, 2.24) is 14.7 Å². The number of aromatic nitrogens is 2. The molecule has 3 atom stereocenters. The van der Waals surface area contributed by atoms with Crippen molar-refractivity contribution in [2.75, 3.05) is 7.05 Å². The molecular weight excluding hydrogens is 362 g/mol. The van der Waals surface area contributed by atoms with E-state index in [4.69, 9.17) is 10.7 Å². The van der Waals surface area contributed by atoms with Crippen molar-refractivity contribution < 1.29 is 4.79 Å². The second-order valence-electron chi connectivity index (χ2n) is 8.84. The summed E-state index contributed by atoms with van der Waals surface area (Å²) in [6, 6.07) is 8.57. The smallest absolute Gasteiger partial charge is 0.239 e. The van der Waals surface area contributed by atoms with E-state index in [0.717, 1.165) is 23.2 Å². The Labute approximate surface area is 171 Å². The lowest BCUT2D eigenvalue weighted by atomic mass is 9.68. The van der Waals surface area contributed by atoms with Gasteiger partial charge in [-0.05, 0) is 36.8 Å². The number of amides is 1. The van der Waals surface area contributed by atoms with Gasteiger partial charge in [-0.2, -0.15) is 5.10 Å². The summed E-state index contributed by atoms with van der Waals surface area (Å²) in [5, 5.41) is 4.61. The van der Waals surface area contributed by atoms with Gasteiger partial charge < -0.3 is 5.73 Å². The Morgan fingerprint density at radius 2 is 1.83 bits per heavy atom. The molecule has 3 aliphatic rings. The molecule has 1 unspecified atom stereocenters. The maximum Gasteiger partial charge on any atom is 0.239 e. The molecule has 1 saturated carbocycles. The van der Waals surface area contributed by atoms with Crippen LogP contribution in [0.15, 0.2) is 41.5 Å². The highest BCUT2D eigenvalue weighted by atomic mass is 16.2. The minimum atomic E-state index is -0.666. The van der Waals surface area contributed by atoms with Gasteiger partial charge >= 0.3 is 0 Å². The number of likely N-dealkylation sites (N-methyl/N-ethyl adjacent to an activating group) is 1. The van der Waals surface area contributed by atoms with Gasteiger partial charge in [-0.25, -0.2) is 4.99 Å². The normalized spacial score (nSPS) is 29.0. The summed E-state index contributed by atoms with van der Waals surface area (Å²) in [5.74, 6) is 0.628. The zero-order chi connectivity index (χ0) is 20.3. The number of benzene rings is 1. The van der Waals surface area contributed by atoms with E-state index in [-0.39, 0.29) is 23.7 Å². The minimum Gasteiger partial charge on any atom is -0.369 e. The van der Waals surface area contributed by atoms with Gasteiger partial charge in [0.2, 0.25) is 5.91 Å². The first-order valence-corrected chi connectivity index (χ1v) is 10.3. The third-order valence-corrected chi connectivity index (χ3v) is 6.79. The van der Waals surface area contributed by atoms with Crippen LogP contribution in [-0.4, -0.2) is 39.1 Å². The summed E-state index contributed by atoms with van der Waals surface area (Å²) < 4.78 is 1.84. The molecule has 0 spiro atoms. The predicted molar refractivity (Wildman–Crippen MR) is 113 cm³/mol. The second-order valence-corrected chi connectivity index (χ2v) is 8.84. The van der Waals surface area contributed by atoms with Crippen molar-refractivity contribution in [3.8, 4) is 0 Å². The van der Waals surface area contributed by atoms with Gasteiger partial charge in [0.1, 0.15) is 0 Å². The number of nitrogens with zero attached hydrogens (tertiary/aromatic N) is 4. The number of fused-ring (bicyclic) bond motifs is 1. The number of hydrogen-bond acceptors (Lipinski definition) is 4. The Balaban J connectivity index is 1.56. The number of carbonyl (C=O) groups excluding carboxylic acids is 1. The number of carbonyl (C=O) groups is 1. The van der Waals surface area contributed by atoms with Crippen LogP contribution < -0.4 is 5.73 Å². The van der Waals surface area contributed by atoms with Crippen LogP contribution in [0.4, 0.5) is 0 Å². The van der Waals surface area contributed by atoms with Crippen molar-refractivity contribution in [3.63, 3.8) is 0 Å². The molecule has 6 nitrogen and oxygen atoms in total. The Morgan fingerprint density at radius 3 is 2.52 bits per heavy atom. The highest BCUT2D eigenvalue weighted by molar-refractivity contribution is 6.02. The lowest BCUT2D eigenvalue weighted by Gasteiger charge is -2.44. The van der Waals surface area contributed by atoms with E-state index in [2.05, 4.69) is 48.4 Å². The molecule has 2 aliphatic carbocycles. The maximum absolute atomic E-state index is 13.4. The predicted octanol–water partition coefficient (Wildman–Crippen LogP) is 2.81. The summed E-state index contributed by atoms with van der Waals surface area (Å²) in [7, 11) is 3.64. The topological polar surface area (TPSA) is 76.5 Å². The SMILES string of the molecule is CN1C(=O)[C@H](c2ccc(C3CC3)cc2)[C@@](C)(C2C=Cc3cn(C)nc3C2)N=C1N. The Kier molecular flexibility index (Phi) is 3.95. The van der Waals surface area contributed by atoms with Crippen LogP contribution in [0.2, 0.25) is 0 Å². The average molecular weight is 390 g/mol. The number of nitrogens with two attached hydrogens (primary N) is 1. The van der Waals surface area contributed by atoms with Gasteiger partial charge in [-0.1, -0.05) is 36.4 Å². The number of aryl methyl sites for hydroxylation is 1. The quantitative estimate of drug-likeness (QED) is 0.877. The highest BCUT2D eigenvalue weighted by Gasteiger charge is 2.50. The zero-order valence-electron chi connectivity index (χ0n) is 17.2. The summed E-state index contributed by atoms with van der Waals surface area (Å²) >= 11 is 0. The maximum atomic E-state index is 13.4. The van der Waals surface area contributed by atoms with Crippen molar-refractivity contribution in [2.24, 2.45) is 23.7 Å². The number of guanidine groups is 1. The molecule has 1 fully saturated rings. The molecule has 2 heterocycles. The fourth-order valence-electron chi connectivity index (χ4n) is 4.85. The molecule has 2 aromatic rings.